The van der Waals surface area contributed by atoms with Crippen LogP contribution in [-0.2, 0) is 0 Å². The molecule has 0 bridgehead atoms. The summed E-state index contributed by atoms with van der Waals surface area (Å²) in [6.45, 7) is 1.55. The van der Waals surface area contributed by atoms with Crippen LogP contribution < -0.4 is 16.0 Å². The Hall–Kier alpha value is -2.49. The van der Waals surface area contributed by atoms with E-state index in [4.69, 9.17) is 5.73 Å². The third-order valence-corrected chi connectivity index (χ3v) is 3.33. The van der Waals surface area contributed by atoms with Crippen LogP contribution in [0.3, 0.4) is 0 Å². The lowest BCUT2D eigenvalue weighted by atomic mass is 10.2. The number of carbonyl (C=O) groups is 1. The Morgan fingerprint density at radius 3 is 2.43 bits per heavy atom. The number of hydrogen-bond acceptors (Lipinski definition) is 3. The molecule has 2 rings (SSSR count). The van der Waals surface area contributed by atoms with Crippen LogP contribution in [0.2, 0.25) is 0 Å². The van der Waals surface area contributed by atoms with Gasteiger partial charge in [0.15, 0.2) is 0 Å². The minimum absolute atomic E-state index is 0.0580. The highest BCUT2D eigenvalue weighted by atomic mass is 16.1. The molecule has 0 aliphatic heterocycles. The quantitative estimate of drug-likeness (QED) is 0.632. The summed E-state index contributed by atoms with van der Waals surface area (Å²) < 4.78 is 0. The molecule has 110 valence electrons. The first kappa shape index (κ1) is 14.9. The minimum atomic E-state index is -0.0580. The van der Waals surface area contributed by atoms with Crippen molar-refractivity contribution in [3.8, 4) is 0 Å². The van der Waals surface area contributed by atoms with Gasteiger partial charge in [-0.2, -0.15) is 0 Å². The van der Waals surface area contributed by atoms with Crippen molar-refractivity contribution in [1.29, 1.82) is 0 Å². The Kier molecular flexibility index (Phi) is 5.21. The van der Waals surface area contributed by atoms with Crippen molar-refractivity contribution in [3.05, 3.63) is 60.2 Å². The molecule has 0 radical (unpaired) electrons. The van der Waals surface area contributed by atoms with Crippen LogP contribution in [0.1, 0.15) is 16.8 Å². The van der Waals surface area contributed by atoms with Crippen molar-refractivity contribution in [2.45, 2.75) is 6.42 Å². The van der Waals surface area contributed by atoms with Gasteiger partial charge in [-0.25, -0.2) is 0 Å². The van der Waals surface area contributed by atoms with Crippen molar-refractivity contribution in [2.24, 2.45) is 0 Å². The second-order valence-corrected chi connectivity index (χ2v) is 4.99. The van der Waals surface area contributed by atoms with Crippen molar-refractivity contribution >= 4 is 17.3 Å². The first-order chi connectivity index (χ1) is 10.2. The Labute approximate surface area is 125 Å². The number of benzene rings is 2. The number of hydrogen-bond donors (Lipinski definition) is 2. The number of amides is 1. The van der Waals surface area contributed by atoms with Crippen molar-refractivity contribution in [1.82, 2.24) is 5.32 Å². The minimum Gasteiger partial charge on any atom is -0.399 e. The highest BCUT2D eigenvalue weighted by molar-refractivity contribution is 5.94. The maximum absolute atomic E-state index is 11.9. The van der Waals surface area contributed by atoms with Gasteiger partial charge >= 0.3 is 0 Å². The number of nitrogens with one attached hydrogen (secondary N) is 1. The van der Waals surface area contributed by atoms with Crippen LogP contribution in [0.25, 0.3) is 0 Å². The average Bonchev–Trinajstić information content (AvgIpc) is 2.52. The van der Waals surface area contributed by atoms with Crippen molar-refractivity contribution in [3.63, 3.8) is 0 Å². The molecule has 4 heteroatoms. The average molecular weight is 283 g/mol. The molecule has 0 atom stereocenters. The van der Waals surface area contributed by atoms with E-state index in [9.17, 15) is 4.79 Å². The topological polar surface area (TPSA) is 58.4 Å². The van der Waals surface area contributed by atoms with E-state index in [0.29, 0.717) is 17.8 Å². The SMILES string of the molecule is CN(CCCNC(=O)c1ccc(N)cc1)c1ccccc1. The number of carbonyl (C=O) groups excluding carboxylic acids is 1. The fourth-order valence-electron chi connectivity index (χ4n) is 2.07. The van der Waals surface area contributed by atoms with Gasteiger partial charge in [0.25, 0.3) is 5.91 Å². The molecule has 4 nitrogen and oxygen atoms in total. The number of anilines is 2. The van der Waals surface area contributed by atoms with Crippen LogP contribution in [0.4, 0.5) is 11.4 Å². The lowest BCUT2D eigenvalue weighted by Gasteiger charge is -2.19. The Balaban J connectivity index is 1.72. The van der Waals surface area contributed by atoms with E-state index < -0.39 is 0 Å². The van der Waals surface area contributed by atoms with E-state index in [-0.39, 0.29) is 5.91 Å². The summed E-state index contributed by atoms with van der Waals surface area (Å²) in [6, 6.07) is 17.1. The molecule has 0 saturated heterocycles. The van der Waals surface area contributed by atoms with Crippen LogP contribution in [0.5, 0.6) is 0 Å². The van der Waals surface area contributed by atoms with Crippen LogP contribution in [-0.4, -0.2) is 26.0 Å². The summed E-state index contributed by atoms with van der Waals surface area (Å²) in [6.07, 6.45) is 0.895. The predicted octanol–water partition coefficient (Wildman–Crippen LogP) is 2.53. The smallest absolute Gasteiger partial charge is 0.251 e. The standard InChI is InChI=1S/C17H21N3O/c1-20(16-6-3-2-4-7-16)13-5-12-19-17(21)14-8-10-15(18)11-9-14/h2-4,6-11H,5,12-13,18H2,1H3,(H,19,21). The van der Waals surface area contributed by atoms with E-state index in [1.807, 2.05) is 18.2 Å². The fourth-order valence-corrected chi connectivity index (χ4v) is 2.07. The van der Waals surface area contributed by atoms with Gasteiger partial charge in [0, 0.05) is 37.1 Å². The lowest BCUT2D eigenvalue weighted by Crippen LogP contribution is -2.28. The van der Waals surface area contributed by atoms with E-state index in [0.717, 1.165) is 13.0 Å². The molecule has 2 aromatic rings. The van der Waals surface area contributed by atoms with Gasteiger partial charge in [-0.15, -0.1) is 0 Å². The molecule has 0 fully saturated rings. The normalized spacial score (nSPS) is 10.1. The molecule has 21 heavy (non-hydrogen) atoms. The van der Waals surface area contributed by atoms with E-state index in [1.165, 1.54) is 5.69 Å². The van der Waals surface area contributed by atoms with Crippen LogP contribution >= 0.6 is 0 Å². The van der Waals surface area contributed by atoms with Crippen LogP contribution in [0.15, 0.2) is 54.6 Å². The first-order valence-corrected chi connectivity index (χ1v) is 7.07. The van der Waals surface area contributed by atoms with Gasteiger partial charge in [0.1, 0.15) is 0 Å². The van der Waals surface area contributed by atoms with Gasteiger partial charge in [-0.05, 0) is 42.8 Å². The Morgan fingerprint density at radius 1 is 1.10 bits per heavy atom. The highest BCUT2D eigenvalue weighted by Gasteiger charge is 2.04. The summed E-state index contributed by atoms with van der Waals surface area (Å²) >= 11 is 0. The molecule has 0 aliphatic rings. The molecule has 1 amide bonds. The highest BCUT2D eigenvalue weighted by Crippen LogP contribution is 2.10. The van der Waals surface area contributed by atoms with Crippen molar-refractivity contribution < 1.29 is 4.79 Å². The van der Waals surface area contributed by atoms with E-state index in [2.05, 4.69) is 29.4 Å². The molecule has 3 N–H and O–H groups in total. The maximum atomic E-state index is 11.9. The van der Waals surface area contributed by atoms with Gasteiger partial charge in [0.2, 0.25) is 0 Å². The number of para-hydroxylation sites is 1. The summed E-state index contributed by atoms with van der Waals surface area (Å²) in [5.41, 5.74) is 8.09. The zero-order valence-corrected chi connectivity index (χ0v) is 12.3. The maximum Gasteiger partial charge on any atom is 0.251 e. The van der Waals surface area contributed by atoms with E-state index in [1.54, 1.807) is 24.3 Å². The monoisotopic (exact) mass is 283 g/mol. The first-order valence-electron chi connectivity index (χ1n) is 7.07. The predicted molar refractivity (Wildman–Crippen MR) is 87.5 cm³/mol. The lowest BCUT2D eigenvalue weighted by molar-refractivity contribution is 0.0953. The molecule has 0 aliphatic carbocycles. The molecule has 0 spiro atoms. The van der Waals surface area contributed by atoms with Gasteiger partial charge in [0.05, 0.1) is 0 Å². The number of rotatable bonds is 6. The summed E-state index contributed by atoms with van der Waals surface area (Å²) in [4.78, 5) is 14.1. The summed E-state index contributed by atoms with van der Waals surface area (Å²) in [5, 5.41) is 2.92. The molecule has 0 saturated carbocycles. The zero-order chi connectivity index (χ0) is 15.1. The largest absolute Gasteiger partial charge is 0.399 e. The molecular weight excluding hydrogens is 262 g/mol. The molecule has 2 aromatic carbocycles. The molecule has 0 heterocycles. The van der Waals surface area contributed by atoms with Gasteiger partial charge in [-0.3, -0.25) is 4.79 Å². The third kappa shape index (κ3) is 4.53. The summed E-state index contributed by atoms with van der Waals surface area (Å²) in [7, 11) is 2.05. The number of nitrogen functional groups attached to an aromatic ring is 1. The molecule has 0 unspecified atom stereocenters. The molecular formula is C17H21N3O. The number of nitrogens with two attached hydrogens (primary N) is 1. The molecule has 0 aromatic heterocycles. The van der Waals surface area contributed by atoms with Gasteiger partial charge < -0.3 is 16.0 Å². The zero-order valence-electron chi connectivity index (χ0n) is 12.3. The van der Waals surface area contributed by atoms with Crippen molar-refractivity contribution in [2.75, 3.05) is 30.8 Å². The van der Waals surface area contributed by atoms with Gasteiger partial charge in [-0.1, -0.05) is 18.2 Å². The third-order valence-electron chi connectivity index (χ3n) is 3.33. The van der Waals surface area contributed by atoms with E-state index >= 15 is 0 Å². The second-order valence-electron chi connectivity index (χ2n) is 4.99. The van der Waals surface area contributed by atoms with Crippen LogP contribution in [0, 0.1) is 0 Å². The Bertz CT molecular complexity index is 566. The Morgan fingerprint density at radius 2 is 1.76 bits per heavy atom. The fraction of sp³-hybridized carbons (Fsp3) is 0.235. The second kappa shape index (κ2) is 7.33. The summed E-state index contributed by atoms with van der Waals surface area (Å²) in [5.74, 6) is -0.0580. The number of nitrogens with zero attached hydrogens (tertiary/aromatic N) is 1.